The van der Waals surface area contributed by atoms with Gasteiger partial charge in [0.05, 0.1) is 16.9 Å². The molecule has 0 spiro atoms. The number of rotatable bonds is 8. The Morgan fingerprint density at radius 1 is 1.20 bits per heavy atom. The lowest BCUT2D eigenvalue weighted by Gasteiger charge is -2.06. The predicted octanol–water partition coefficient (Wildman–Crippen LogP) is 2.99. The van der Waals surface area contributed by atoms with E-state index < -0.39 is 0 Å². The molecule has 5 nitrogen and oxygen atoms in total. The van der Waals surface area contributed by atoms with E-state index in [-0.39, 0.29) is 11.7 Å². The molecule has 132 valence electrons. The number of ketones is 1. The quantitative estimate of drug-likeness (QED) is 0.582. The number of thiophene rings is 1. The lowest BCUT2D eigenvalue weighted by atomic mass is 10.1. The van der Waals surface area contributed by atoms with Crippen LogP contribution in [0.1, 0.15) is 24.9 Å². The molecule has 0 atom stereocenters. The molecular formula is C19H22N2O3S. The van der Waals surface area contributed by atoms with Crippen molar-refractivity contribution in [2.75, 3.05) is 27.7 Å². The van der Waals surface area contributed by atoms with Gasteiger partial charge in [0, 0.05) is 32.9 Å². The number of allylic oxidation sites excluding steroid dienone is 1. The number of ether oxygens (including phenoxy) is 1. The summed E-state index contributed by atoms with van der Waals surface area (Å²) < 4.78 is 5.19. The molecule has 1 amide bonds. The van der Waals surface area contributed by atoms with Crippen molar-refractivity contribution in [1.29, 1.82) is 0 Å². The zero-order valence-corrected chi connectivity index (χ0v) is 15.4. The fourth-order valence-electron chi connectivity index (χ4n) is 2.13. The molecule has 0 unspecified atom stereocenters. The Kier molecular flexibility index (Phi) is 6.77. The molecule has 0 saturated carbocycles. The summed E-state index contributed by atoms with van der Waals surface area (Å²) in [6.07, 6.45) is 3.90. The van der Waals surface area contributed by atoms with Gasteiger partial charge in [0.15, 0.2) is 5.78 Å². The highest BCUT2D eigenvalue weighted by Gasteiger charge is 2.12. The number of methoxy groups -OCH3 is 1. The van der Waals surface area contributed by atoms with Crippen LogP contribution < -0.4 is 10.1 Å². The van der Waals surface area contributed by atoms with Crippen LogP contribution in [0.3, 0.4) is 0 Å². The van der Waals surface area contributed by atoms with E-state index in [0.717, 1.165) is 11.3 Å². The van der Waals surface area contributed by atoms with E-state index in [9.17, 15) is 9.59 Å². The summed E-state index contributed by atoms with van der Waals surface area (Å²) in [5.74, 6) is 0.536. The third-order valence-corrected chi connectivity index (χ3v) is 4.53. The van der Waals surface area contributed by atoms with Crippen LogP contribution in [-0.4, -0.2) is 44.3 Å². The number of nitrogens with zero attached hydrogens (tertiary/aromatic N) is 1. The summed E-state index contributed by atoms with van der Waals surface area (Å²) in [7, 11) is 5.32. The predicted molar refractivity (Wildman–Crippen MR) is 101 cm³/mol. The lowest BCUT2D eigenvalue weighted by Crippen LogP contribution is -2.24. The van der Waals surface area contributed by atoms with Crippen LogP contribution in [0.25, 0.3) is 0 Å². The minimum atomic E-state index is -0.163. The third kappa shape index (κ3) is 5.76. The van der Waals surface area contributed by atoms with Gasteiger partial charge in [-0.05, 0) is 36.2 Å². The molecule has 2 rings (SSSR count). The molecule has 0 radical (unpaired) electrons. The Labute approximate surface area is 151 Å². The number of hydrogen-bond donors (Lipinski definition) is 1. The molecule has 0 bridgehead atoms. The summed E-state index contributed by atoms with van der Waals surface area (Å²) >= 11 is 1.20. The molecule has 0 aliphatic rings. The lowest BCUT2D eigenvalue weighted by molar-refractivity contribution is 0.0957. The van der Waals surface area contributed by atoms with Crippen LogP contribution in [0.2, 0.25) is 0 Å². The van der Waals surface area contributed by atoms with Gasteiger partial charge < -0.3 is 15.0 Å². The van der Waals surface area contributed by atoms with Gasteiger partial charge in [-0.25, -0.2) is 0 Å². The van der Waals surface area contributed by atoms with Gasteiger partial charge in [0.25, 0.3) is 5.91 Å². The highest BCUT2D eigenvalue weighted by atomic mass is 32.1. The second kappa shape index (κ2) is 9.03. The number of nitrogens with one attached hydrogen (secondary N) is 1. The maximum absolute atomic E-state index is 12.2. The first kappa shape index (κ1) is 18.7. The van der Waals surface area contributed by atoms with E-state index in [1.807, 2.05) is 38.4 Å². The van der Waals surface area contributed by atoms with Crippen molar-refractivity contribution in [3.63, 3.8) is 0 Å². The van der Waals surface area contributed by atoms with Crippen LogP contribution >= 0.6 is 11.3 Å². The Hall–Kier alpha value is -2.60. The van der Waals surface area contributed by atoms with E-state index in [4.69, 9.17) is 4.74 Å². The molecule has 1 aromatic heterocycles. The maximum atomic E-state index is 12.2. The first-order chi connectivity index (χ1) is 12.0. The minimum absolute atomic E-state index is 0.103. The van der Waals surface area contributed by atoms with Gasteiger partial charge in [-0.15, -0.1) is 11.3 Å². The van der Waals surface area contributed by atoms with Crippen LogP contribution in [0.5, 0.6) is 5.75 Å². The largest absolute Gasteiger partial charge is 0.497 e. The third-order valence-electron chi connectivity index (χ3n) is 3.43. The van der Waals surface area contributed by atoms with Crippen LogP contribution in [0.4, 0.5) is 0 Å². The standard InChI is InChI=1S/C19H22N2O3S/c1-21(2)12-10-16(22)17-7-8-18(25-17)19(23)20-11-9-14-5-4-6-15(13-14)24-3/h4-8,10,12-13H,9,11H2,1-3H3,(H,20,23)/b12-10+. The average Bonchev–Trinajstić information content (AvgIpc) is 3.10. The minimum Gasteiger partial charge on any atom is -0.497 e. The normalized spacial score (nSPS) is 10.7. The average molecular weight is 358 g/mol. The molecule has 0 aliphatic carbocycles. The fraction of sp³-hybridized carbons (Fsp3) is 0.263. The molecular weight excluding hydrogens is 336 g/mol. The van der Waals surface area contributed by atoms with E-state index in [1.165, 1.54) is 17.4 Å². The molecule has 2 aromatic rings. The van der Waals surface area contributed by atoms with Crippen LogP contribution in [0, 0.1) is 0 Å². The molecule has 0 saturated heterocycles. The topological polar surface area (TPSA) is 58.6 Å². The molecule has 1 aromatic carbocycles. The molecule has 25 heavy (non-hydrogen) atoms. The number of carbonyl (C=O) groups is 2. The first-order valence-electron chi connectivity index (χ1n) is 7.89. The van der Waals surface area contributed by atoms with Gasteiger partial charge in [-0.3, -0.25) is 9.59 Å². The van der Waals surface area contributed by atoms with Crippen LogP contribution in [-0.2, 0) is 6.42 Å². The van der Waals surface area contributed by atoms with Gasteiger partial charge in [-0.2, -0.15) is 0 Å². The summed E-state index contributed by atoms with van der Waals surface area (Å²) in [6, 6.07) is 11.1. The number of hydrogen-bond acceptors (Lipinski definition) is 5. The van der Waals surface area contributed by atoms with Crippen molar-refractivity contribution in [1.82, 2.24) is 10.2 Å². The highest BCUT2D eigenvalue weighted by molar-refractivity contribution is 7.16. The molecule has 0 aliphatic heterocycles. The smallest absolute Gasteiger partial charge is 0.261 e. The van der Waals surface area contributed by atoms with Gasteiger partial charge >= 0.3 is 0 Å². The van der Waals surface area contributed by atoms with Crippen molar-refractivity contribution in [3.05, 3.63) is 64.0 Å². The van der Waals surface area contributed by atoms with E-state index in [0.29, 0.717) is 22.7 Å². The van der Waals surface area contributed by atoms with Crippen molar-refractivity contribution < 1.29 is 14.3 Å². The summed E-state index contributed by atoms with van der Waals surface area (Å²) in [5, 5.41) is 2.88. The number of benzene rings is 1. The molecule has 1 N–H and O–H groups in total. The zero-order valence-electron chi connectivity index (χ0n) is 14.6. The SMILES string of the molecule is COc1cccc(CCNC(=O)c2ccc(C(=O)/C=C/N(C)C)s2)c1. The fourth-order valence-corrected chi connectivity index (χ4v) is 2.97. The second-order valence-corrected chi connectivity index (χ2v) is 6.75. The van der Waals surface area contributed by atoms with Crippen molar-refractivity contribution in [2.24, 2.45) is 0 Å². The maximum Gasteiger partial charge on any atom is 0.261 e. The van der Waals surface area contributed by atoms with Crippen LogP contribution in [0.15, 0.2) is 48.7 Å². The van der Waals surface area contributed by atoms with E-state index >= 15 is 0 Å². The summed E-state index contributed by atoms with van der Waals surface area (Å²) in [4.78, 5) is 27.1. The molecule has 6 heteroatoms. The van der Waals surface area contributed by atoms with E-state index in [2.05, 4.69) is 5.32 Å². The first-order valence-corrected chi connectivity index (χ1v) is 8.71. The Balaban J connectivity index is 1.88. The second-order valence-electron chi connectivity index (χ2n) is 5.66. The number of amides is 1. The van der Waals surface area contributed by atoms with Crippen molar-refractivity contribution in [3.8, 4) is 5.75 Å². The van der Waals surface area contributed by atoms with Gasteiger partial charge in [0.2, 0.25) is 0 Å². The summed E-state index contributed by atoms with van der Waals surface area (Å²) in [6.45, 7) is 0.522. The Morgan fingerprint density at radius 2 is 1.96 bits per heavy atom. The Bertz CT molecular complexity index is 766. The van der Waals surface area contributed by atoms with Gasteiger partial charge in [0.1, 0.15) is 5.75 Å². The molecule has 1 heterocycles. The Morgan fingerprint density at radius 3 is 2.68 bits per heavy atom. The van der Waals surface area contributed by atoms with E-state index in [1.54, 1.807) is 30.3 Å². The number of carbonyl (C=O) groups excluding carboxylic acids is 2. The monoisotopic (exact) mass is 358 g/mol. The highest BCUT2D eigenvalue weighted by Crippen LogP contribution is 2.18. The molecule has 0 fully saturated rings. The van der Waals surface area contributed by atoms with Crippen molar-refractivity contribution >= 4 is 23.0 Å². The van der Waals surface area contributed by atoms with Crippen molar-refractivity contribution in [2.45, 2.75) is 6.42 Å². The van der Waals surface area contributed by atoms with Gasteiger partial charge in [-0.1, -0.05) is 12.1 Å². The summed E-state index contributed by atoms with van der Waals surface area (Å²) in [5.41, 5.74) is 1.09. The zero-order chi connectivity index (χ0) is 18.2.